The zero-order chi connectivity index (χ0) is 20.3. The van der Waals surface area contributed by atoms with Crippen LogP contribution in [0, 0.1) is 10.2 Å². The molecule has 1 radical (unpaired) electrons. The number of nitrogens with two attached hydrogens (primary N) is 1. The average Bonchev–Trinajstić information content (AvgIpc) is 3.17. The maximum absolute atomic E-state index is 8.93. The van der Waals surface area contributed by atoms with Crippen molar-refractivity contribution in [2.75, 3.05) is 0 Å². The number of carboxylic acids is 2. The van der Waals surface area contributed by atoms with Gasteiger partial charge in [0.15, 0.2) is 11.6 Å². The van der Waals surface area contributed by atoms with Gasteiger partial charge in [0.1, 0.15) is 0 Å². The van der Waals surface area contributed by atoms with Crippen LogP contribution < -0.4 is 34.2 Å². The van der Waals surface area contributed by atoms with Crippen molar-refractivity contribution in [3.05, 3.63) is 36.4 Å². The van der Waals surface area contributed by atoms with Crippen LogP contribution in [0.3, 0.4) is 0 Å². The fraction of sp³-hybridized carbons (Fsp3) is 0.333. The molecule has 0 bridgehead atoms. The number of halogens is 1. The molecule has 0 atom stereocenters. The van der Waals surface area contributed by atoms with Crippen LogP contribution in [0.4, 0.5) is 0 Å². The monoisotopic (exact) mass is 510 g/mol. The van der Waals surface area contributed by atoms with E-state index in [9.17, 15) is 0 Å². The third-order valence-corrected chi connectivity index (χ3v) is 2.37. The number of hydrogen-bond acceptors (Lipinski definition) is 10. The van der Waals surface area contributed by atoms with E-state index in [0.29, 0.717) is 6.04 Å². The van der Waals surface area contributed by atoms with Crippen molar-refractivity contribution in [2.45, 2.75) is 25.9 Å². The molecule has 30 heavy (non-hydrogen) atoms. The van der Waals surface area contributed by atoms with Crippen molar-refractivity contribution in [1.29, 1.82) is 0 Å². The van der Waals surface area contributed by atoms with Crippen LogP contribution in [0.1, 0.15) is 31.5 Å². The van der Waals surface area contributed by atoms with Crippen molar-refractivity contribution < 1.29 is 87.5 Å². The van der Waals surface area contributed by atoms with Crippen LogP contribution in [-0.4, -0.2) is 54.3 Å². The molecule has 0 aliphatic heterocycles. The Morgan fingerprint density at radius 3 is 1.37 bits per heavy atom. The largest absolute Gasteiger partial charge is 2.00 e. The van der Waals surface area contributed by atoms with E-state index in [4.69, 9.17) is 38.4 Å². The molecule has 0 fully saturated rings. The van der Waals surface area contributed by atoms with Gasteiger partial charge in [-0.2, -0.15) is 0 Å². The number of aromatic amines is 2. The Bertz CT molecular complexity index is 600. The maximum atomic E-state index is 8.93. The number of nitrogens with zero attached hydrogens (tertiary/aromatic N) is 2. The standard InChI is InChI=1S/C10H15N5.C2H2O4.ClHO4.Cu.3H2O/c1-7(2)15-8(9-11-3-4-12-9)10-13-5-6-14-10;3-1(4)2(5)6;2-1(3,4)5;;;;/h3-8,15H,1-2H3,(H,11,12)(H,13,14);(H,3,4)(H,5,6);(H,2,3,4,5);;3*1H2/q;;;+2;;;/p-2. The number of aromatic nitrogens is 4. The van der Waals surface area contributed by atoms with Crippen molar-refractivity contribution in [3.8, 4) is 0 Å². The maximum Gasteiger partial charge on any atom is 2.00 e. The number of imidazole rings is 2. The van der Waals surface area contributed by atoms with Crippen molar-refractivity contribution in [2.24, 2.45) is 0 Å². The van der Waals surface area contributed by atoms with Gasteiger partial charge in [0.25, 0.3) is 0 Å². The number of rotatable bonds is 4. The zero-order valence-electron chi connectivity index (χ0n) is 15.4. The Hall–Kier alpha value is -2.15. The average molecular weight is 511 g/mol. The second kappa shape index (κ2) is 18.9. The summed E-state index contributed by atoms with van der Waals surface area (Å²) in [5, 5.41) is 20.1. The van der Waals surface area contributed by atoms with Gasteiger partial charge in [-0.1, -0.05) is 0 Å². The Morgan fingerprint density at radius 2 is 1.20 bits per heavy atom. The Labute approximate surface area is 182 Å². The molecule has 179 valence electrons. The first-order valence-corrected chi connectivity index (χ1v) is 8.02. The summed E-state index contributed by atoms with van der Waals surface area (Å²) in [6.45, 7) is 4.30. The van der Waals surface area contributed by atoms with Crippen molar-refractivity contribution in [1.82, 2.24) is 19.9 Å². The van der Waals surface area contributed by atoms with E-state index in [1.165, 1.54) is 0 Å². The summed E-state index contributed by atoms with van der Waals surface area (Å²) in [7, 11) is -4.94. The predicted octanol–water partition coefficient (Wildman–Crippen LogP) is -10.6. The number of aliphatic carboxylic acids is 2. The zero-order valence-corrected chi connectivity index (χ0v) is 17.1. The minimum atomic E-state index is -4.94. The van der Waals surface area contributed by atoms with Crippen LogP contribution >= 0.6 is 0 Å². The summed E-state index contributed by atoms with van der Waals surface area (Å²) in [5.41, 5.74) is 0. The van der Waals surface area contributed by atoms with E-state index in [0.717, 1.165) is 11.6 Å². The topological polar surface area (TPSA) is 341 Å². The van der Waals surface area contributed by atoms with Crippen molar-refractivity contribution in [3.63, 3.8) is 0 Å². The molecule has 0 aromatic carbocycles. The molecule has 2 rings (SSSR count). The number of carbonyl (C=O) groups is 2. The van der Waals surface area contributed by atoms with Gasteiger partial charge in [0.05, 0.1) is 18.0 Å². The normalized spacial score (nSPS) is 9.20. The first kappa shape index (κ1) is 38.5. The summed E-state index contributed by atoms with van der Waals surface area (Å²) >= 11 is 0. The number of hydrogen-bond donors (Lipinski definition) is 3. The molecule has 0 aliphatic carbocycles. The molecule has 2 heterocycles. The molecule has 0 saturated heterocycles. The van der Waals surface area contributed by atoms with Gasteiger partial charge >= 0.3 is 17.1 Å². The summed E-state index contributed by atoms with van der Waals surface area (Å²) < 4.78 is 34.0. The molecular formula is C12H22ClCuN5O11. The Kier molecular flexibility index (Phi) is 24.2. The van der Waals surface area contributed by atoms with Gasteiger partial charge in [-0.3, -0.25) is 0 Å². The van der Waals surface area contributed by atoms with Crippen LogP contribution in [-0.2, 0) is 26.7 Å². The molecule has 10 N–H and O–H groups in total. The number of quaternary nitrogens is 1. The fourth-order valence-corrected chi connectivity index (χ4v) is 1.59. The molecule has 2 aromatic rings. The quantitative estimate of drug-likeness (QED) is 0.257. The van der Waals surface area contributed by atoms with Gasteiger partial charge < -0.3 is 51.5 Å². The predicted molar refractivity (Wildman–Crippen MR) is 76.9 cm³/mol. The van der Waals surface area contributed by atoms with Crippen molar-refractivity contribution >= 4 is 11.9 Å². The van der Waals surface area contributed by atoms with E-state index in [1.807, 2.05) is 12.4 Å². The first-order valence-electron chi connectivity index (χ1n) is 6.79. The summed E-state index contributed by atoms with van der Waals surface area (Å²) in [6.07, 6.45) is 7.19. The Balaban J connectivity index is -0.000000120. The van der Waals surface area contributed by atoms with E-state index in [-0.39, 0.29) is 39.5 Å². The van der Waals surface area contributed by atoms with E-state index in [1.54, 1.807) is 12.4 Å². The number of carbonyl (C=O) groups excluding carboxylic acids is 2. The molecule has 2 aromatic heterocycles. The second-order valence-electron chi connectivity index (χ2n) is 4.82. The van der Waals surface area contributed by atoms with Gasteiger partial charge in [-0.25, -0.2) is 28.6 Å². The summed E-state index contributed by atoms with van der Waals surface area (Å²) in [6, 6.07) is 0.611. The number of nitrogens with one attached hydrogen (secondary N) is 2. The van der Waals surface area contributed by atoms with E-state index in [2.05, 4.69) is 39.1 Å². The molecular weight excluding hydrogens is 489 g/mol. The minimum absolute atomic E-state index is 0. The van der Waals surface area contributed by atoms with Gasteiger partial charge in [0, 0.05) is 24.8 Å². The summed E-state index contributed by atoms with van der Waals surface area (Å²) in [4.78, 5) is 32.7. The third kappa shape index (κ3) is 20.6. The van der Waals surface area contributed by atoms with Gasteiger partial charge in [0.2, 0.25) is 6.04 Å². The molecule has 18 heteroatoms. The Morgan fingerprint density at radius 1 is 0.900 bits per heavy atom. The molecule has 0 unspecified atom stereocenters. The van der Waals surface area contributed by atoms with Crippen LogP contribution in [0.5, 0.6) is 0 Å². The molecule has 0 saturated carbocycles. The molecule has 16 nitrogen and oxygen atoms in total. The van der Waals surface area contributed by atoms with Gasteiger partial charge in [-0.15, -0.1) is 10.2 Å². The van der Waals surface area contributed by atoms with Crippen LogP contribution in [0.2, 0.25) is 0 Å². The summed E-state index contributed by atoms with van der Waals surface area (Å²) in [5.74, 6) is -2.51. The van der Waals surface area contributed by atoms with Gasteiger partial charge in [-0.05, 0) is 13.8 Å². The third-order valence-electron chi connectivity index (χ3n) is 2.37. The number of H-pyrrole nitrogens is 2. The van der Waals surface area contributed by atoms with Crippen LogP contribution in [0.15, 0.2) is 24.8 Å². The molecule has 0 spiro atoms. The first-order chi connectivity index (χ1) is 11.9. The van der Waals surface area contributed by atoms with E-state index < -0.39 is 22.2 Å². The van der Waals surface area contributed by atoms with E-state index >= 15 is 0 Å². The second-order valence-corrected chi connectivity index (χ2v) is 5.57. The smallest absolute Gasteiger partial charge is 0.543 e. The fourth-order valence-electron chi connectivity index (χ4n) is 1.59. The van der Waals surface area contributed by atoms with Crippen LogP contribution in [0.25, 0.3) is 0 Å². The SMILES string of the molecule is CC(C)[NH2+]C(c1ncc[nH]1)c1ncc[nH]1.O.O.O.O=C([O-])C(=O)[O-].[Cu+2].[O-][Cl+3]([O-])([O-])[O-]. The minimum Gasteiger partial charge on any atom is -0.543 e. The molecule has 0 aliphatic rings. The number of carboxylic acid groups (broad SMARTS) is 2. The molecule has 0 amide bonds.